The van der Waals surface area contributed by atoms with Gasteiger partial charge >= 0.3 is 0 Å². The topological polar surface area (TPSA) is 50.4 Å². The summed E-state index contributed by atoms with van der Waals surface area (Å²) in [6.45, 7) is 0. The number of hydrogen-bond acceptors (Lipinski definition) is 3. The highest BCUT2D eigenvalue weighted by molar-refractivity contribution is 5.82. The van der Waals surface area contributed by atoms with E-state index >= 15 is 0 Å². The number of rotatable bonds is 4. The first-order chi connectivity index (χ1) is 7.22. The predicted octanol–water partition coefficient (Wildman–Crippen LogP) is 0.702. The average Bonchev–Trinajstić information content (AvgIpc) is 2.30. The first-order valence-electron chi connectivity index (χ1n) is 4.75. The lowest BCUT2D eigenvalue weighted by Gasteiger charge is -2.15. The zero-order valence-electron chi connectivity index (χ0n) is 9.20. The number of amides is 1. The molecule has 4 nitrogen and oxygen atoms in total. The van der Waals surface area contributed by atoms with Crippen LogP contribution in [0.25, 0.3) is 0 Å². The van der Waals surface area contributed by atoms with E-state index in [1.165, 1.54) is 0 Å². The quantitative estimate of drug-likeness (QED) is 0.766. The van der Waals surface area contributed by atoms with Crippen LogP contribution in [-0.2, 0) is 4.79 Å². The van der Waals surface area contributed by atoms with Crippen LogP contribution in [0.5, 0.6) is 5.75 Å². The van der Waals surface area contributed by atoms with Crippen molar-refractivity contribution in [2.75, 3.05) is 21.2 Å². The van der Waals surface area contributed by atoms with E-state index < -0.39 is 0 Å². The van der Waals surface area contributed by atoms with E-state index in [-0.39, 0.29) is 11.9 Å². The normalized spacial score (nSPS) is 11.9. The maximum atomic E-state index is 11.5. The van der Waals surface area contributed by atoms with E-state index in [9.17, 15) is 4.79 Å². The molecule has 0 fully saturated rings. The molecule has 82 valence electrons. The van der Waals surface area contributed by atoms with Gasteiger partial charge in [-0.2, -0.15) is 0 Å². The minimum Gasteiger partial charge on any atom is -0.497 e. The Bertz CT molecular complexity index is 339. The fourth-order valence-corrected chi connectivity index (χ4v) is 1.41. The maximum Gasteiger partial charge on any atom is 0.241 e. The molecule has 1 aromatic rings. The molecule has 0 aromatic heterocycles. The van der Waals surface area contributed by atoms with Crippen molar-refractivity contribution in [2.24, 2.45) is 0 Å². The SMILES string of the molecule is CNC(=O)C(NC)c1cccc(OC)c1. The van der Waals surface area contributed by atoms with Gasteiger partial charge in [-0.3, -0.25) is 4.79 Å². The van der Waals surface area contributed by atoms with Gasteiger partial charge in [-0.25, -0.2) is 0 Å². The Morgan fingerprint density at radius 3 is 2.67 bits per heavy atom. The van der Waals surface area contributed by atoms with Crippen molar-refractivity contribution in [3.05, 3.63) is 29.8 Å². The molecule has 0 aliphatic carbocycles. The Morgan fingerprint density at radius 1 is 1.40 bits per heavy atom. The van der Waals surface area contributed by atoms with E-state index in [1.807, 2.05) is 24.3 Å². The van der Waals surface area contributed by atoms with Crippen LogP contribution in [0.1, 0.15) is 11.6 Å². The molecule has 0 aliphatic heterocycles. The molecule has 0 spiro atoms. The Hall–Kier alpha value is -1.55. The highest BCUT2D eigenvalue weighted by Crippen LogP contribution is 2.18. The number of ether oxygens (including phenoxy) is 1. The van der Waals surface area contributed by atoms with Crippen molar-refractivity contribution in [1.82, 2.24) is 10.6 Å². The summed E-state index contributed by atoms with van der Waals surface area (Å²) in [5.74, 6) is 0.683. The second-order valence-electron chi connectivity index (χ2n) is 3.11. The minimum absolute atomic E-state index is 0.0641. The molecule has 0 saturated heterocycles. The minimum atomic E-state index is -0.343. The molecular formula is C11H16N2O2. The van der Waals surface area contributed by atoms with Crippen LogP contribution in [0, 0.1) is 0 Å². The molecule has 1 atom stereocenters. The lowest BCUT2D eigenvalue weighted by Crippen LogP contribution is -2.33. The molecule has 1 aromatic carbocycles. The van der Waals surface area contributed by atoms with E-state index in [0.29, 0.717) is 0 Å². The molecular weight excluding hydrogens is 192 g/mol. The van der Waals surface area contributed by atoms with Crippen LogP contribution >= 0.6 is 0 Å². The van der Waals surface area contributed by atoms with Crippen LogP contribution in [0.2, 0.25) is 0 Å². The number of nitrogens with one attached hydrogen (secondary N) is 2. The predicted molar refractivity (Wildman–Crippen MR) is 58.9 cm³/mol. The van der Waals surface area contributed by atoms with Gasteiger partial charge in [-0.05, 0) is 24.7 Å². The molecule has 0 saturated carbocycles. The number of carbonyl (C=O) groups excluding carboxylic acids is 1. The Balaban J connectivity index is 2.96. The number of likely N-dealkylation sites (N-methyl/N-ethyl adjacent to an activating group) is 2. The van der Waals surface area contributed by atoms with Crippen molar-refractivity contribution < 1.29 is 9.53 Å². The Labute approximate surface area is 89.6 Å². The number of carbonyl (C=O) groups is 1. The first kappa shape index (κ1) is 11.5. The maximum absolute atomic E-state index is 11.5. The van der Waals surface area contributed by atoms with E-state index in [1.54, 1.807) is 21.2 Å². The summed E-state index contributed by atoms with van der Waals surface area (Å²) in [6.07, 6.45) is 0. The Morgan fingerprint density at radius 2 is 2.13 bits per heavy atom. The van der Waals surface area contributed by atoms with Gasteiger partial charge in [0.1, 0.15) is 11.8 Å². The van der Waals surface area contributed by atoms with Crippen LogP contribution in [0.15, 0.2) is 24.3 Å². The van der Waals surface area contributed by atoms with Gasteiger partial charge in [0.2, 0.25) is 5.91 Å². The van der Waals surface area contributed by atoms with Crippen molar-refractivity contribution in [1.29, 1.82) is 0 Å². The van der Waals surface area contributed by atoms with Gasteiger partial charge in [0.05, 0.1) is 7.11 Å². The smallest absolute Gasteiger partial charge is 0.241 e. The summed E-state index contributed by atoms with van der Waals surface area (Å²) < 4.78 is 5.10. The van der Waals surface area contributed by atoms with E-state index in [0.717, 1.165) is 11.3 Å². The third kappa shape index (κ3) is 2.70. The Kier molecular flexibility index (Phi) is 4.12. The van der Waals surface area contributed by atoms with Gasteiger partial charge in [0, 0.05) is 7.05 Å². The van der Waals surface area contributed by atoms with Crippen LogP contribution in [0.4, 0.5) is 0 Å². The number of methoxy groups -OCH3 is 1. The standard InChI is InChI=1S/C11H16N2O2/c1-12-10(11(14)13-2)8-5-4-6-9(7-8)15-3/h4-7,10,12H,1-3H3,(H,13,14). The summed E-state index contributed by atoms with van der Waals surface area (Å²) in [4.78, 5) is 11.5. The molecule has 15 heavy (non-hydrogen) atoms. The van der Waals surface area contributed by atoms with E-state index in [4.69, 9.17) is 4.74 Å². The summed E-state index contributed by atoms with van der Waals surface area (Å²) in [7, 11) is 4.97. The molecule has 1 amide bonds. The average molecular weight is 208 g/mol. The first-order valence-corrected chi connectivity index (χ1v) is 4.75. The molecule has 0 radical (unpaired) electrons. The fourth-order valence-electron chi connectivity index (χ4n) is 1.41. The van der Waals surface area contributed by atoms with Crippen LogP contribution in [-0.4, -0.2) is 27.1 Å². The summed E-state index contributed by atoms with van der Waals surface area (Å²) in [5.41, 5.74) is 0.885. The molecule has 0 aliphatic rings. The monoisotopic (exact) mass is 208 g/mol. The van der Waals surface area contributed by atoms with Gasteiger partial charge in [0.25, 0.3) is 0 Å². The van der Waals surface area contributed by atoms with Gasteiger partial charge in [-0.1, -0.05) is 12.1 Å². The number of hydrogen-bond donors (Lipinski definition) is 2. The highest BCUT2D eigenvalue weighted by Gasteiger charge is 2.17. The van der Waals surface area contributed by atoms with Crippen LogP contribution in [0.3, 0.4) is 0 Å². The third-order valence-electron chi connectivity index (χ3n) is 2.22. The molecule has 2 N–H and O–H groups in total. The lowest BCUT2D eigenvalue weighted by atomic mass is 10.1. The van der Waals surface area contributed by atoms with Gasteiger partial charge in [0.15, 0.2) is 0 Å². The highest BCUT2D eigenvalue weighted by atomic mass is 16.5. The number of benzene rings is 1. The molecule has 4 heteroatoms. The van der Waals surface area contributed by atoms with Crippen molar-refractivity contribution in [3.63, 3.8) is 0 Å². The lowest BCUT2D eigenvalue weighted by molar-refractivity contribution is -0.122. The second-order valence-corrected chi connectivity index (χ2v) is 3.11. The molecule has 0 heterocycles. The largest absolute Gasteiger partial charge is 0.497 e. The summed E-state index contributed by atoms with van der Waals surface area (Å²) in [6, 6.07) is 7.10. The van der Waals surface area contributed by atoms with Crippen molar-refractivity contribution in [3.8, 4) is 5.75 Å². The van der Waals surface area contributed by atoms with E-state index in [2.05, 4.69) is 10.6 Å². The van der Waals surface area contributed by atoms with Gasteiger partial charge < -0.3 is 15.4 Å². The fraction of sp³-hybridized carbons (Fsp3) is 0.364. The molecule has 0 bridgehead atoms. The molecule has 1 unspecified atom stereocenters. The second kappa shape index (κ2) is 5.36. The zero-order valence-corrected chi connectivity index (χ0v) is 9.20. The zero-order chi connectivity index (χ0) is 11.3. The van der Waals surface area contributed by atoms with Crippen LogP contribution < -0.4 is 15.4 Å². The third-order valence-corrected chi connectivity index (χ3v) is 2.22. The summed E-state index contributed by atoms with van der Waals surface area (Å²) >= 11 is 0. The molecule has 1 rings (SSSR count). The van der Waals surface area contributed by atoms with Crippen molar-refractivity contribution in [2.45, 2.75) is 6.04 Å². The van der Waals surface area contributed by atoms with Crippen molar-refractivity contribution >= 4 is 5.91 Å². The van der Waals surface area contributed by atoms with Gasteiger partial charge in [-0.15, -0.1) is 0 Å². The summed E-state index contributed by atoms with van der Waals surface area (Å²) in [5, 5.41) is 5.56.